The van der Waals surface area contributed by atoms with Gasteiger partial charge in [0.1, 0.15) is 0 Å². The van der Waals surface area contributed by atoms with E-state index in [0.29, 0.717) is 17.7 Å². The molecule has 0 radical (unpaired) electrons. The van der Waals surface area contributed by atoms with Crippen LogP contribution in [0, 0.1) is 17.2 Å². The molecular weight excluding hydrogens is 240 g/mol. The normalized spacial score (nSPS) is 20.7. The number of aliphatic hydroxyl groups excluding tert-OH is 1. The van der Waals surface area contributed by atoms with Crippen LogP contribution in [-0.4, -0.2) is 35.1 Å². The first-order chi connectivity index (χ1) is 9.11. The summed E-state index contributed by atoms with van der Waals surface area (Å²) in [6.07, 6.45) is 1.52. The lowest BCUT2D eigenvalue weighted by Crippen LogP contribution is -2.42. The Morgan fingerprint density at radius 1 is 1.47 bits per heavy atom. The van der Waals surface area contributed by atoms with Crippen molar-refractivity contribution in [1.82, 2.24) is 4.90 Å². The number of carbonyl (C=O) groups excluding carboxylic acids is 1. The summed E-state index contributed by atoms with van der Waals surface area (Å²) < 4.78 is 0. The molecule has 0 bridgehead atoms. The zero-order valence-corrected chi connectivity index (χ0v) is 11.0. The first kappa shape index (κ1) is 13.6. The summed E-state index contributed by atoms with van der Waals surface area (Å²) >= 11 is 0. The molecule has 1 N–H and O–H groups in total. The molecule has 4 nitrogen and oxygen atoms in total. The maximum absolute atomic E-state index is 12.3. The van der Waals surface area contributed by atoms with Crippen molar-refractivity contribution in [2.75, 3.05) is 13.1 Å². The minimum absolute atomic E-state index is 0.0187. The predicted octanol–water partition coefficient (Wildman–Crippen LogP) is 1.79. The third kappa shape index (κ3) is 3.12. The van der Waals surface area contributed by atoms with Crippen molar-refractivity contribution in [2.24, 2.45) is 5.92 Å². The molecule has 100 valence electrons. The van der Waals surface area contributed by atoms with Gasteiger partial charge in [0, 0.05) is 24.6 Å². The number of benzene rings is 1. The average Bonchev–Trinajstić information content (AvgIpc) is 2.46. The van der Waals surface area contributed by atoms with E-state index in [2.05, 4.69) is 0 Å². The highest BCUT2D eigenvalue weighted by molar-refractivity contribution is 5.94. The fourth-order valence-electron chi connectivity index (χ4n) is 2.46. The van der Waals surface area contributed by atoms with Crippen molar-refractivity contribution >= 4 is 5.91 Å². The van der Waals surface area contributed by atoms with Gasteiger partial charge in [-0.05, 0) is 44.0 Å². The fraction of sp³-hybridized carbons (Fsp3) is 0.467. The van der Waals surface area contributed by atoms with Gasteiger partial charge in [-0.15, -0.1) is 0 Å². The average molecular weight is 258 g/mol. The van der Waals surface area contributed by atoms with Crippen LogP contribution >= 0.6 is 0 Å². The summed E-state index contributed by atoms with van der Waals surface area (Å²) in [4.78, 5) is 14.1. The number of hydrogen-bond acceptors (Lipinski definition) is 3. The van der Waals surface area contributed by atoms with Gasteiger partial charge in [0.2, 0.25) is 0 Å². The van der Waals surface area contributed by atoms with Crippen molar-refractivity contribution in [3.05, 3.63) is 35.4 Å². The maximum atomic E-state index is 12.3. The highest BCUT2D eigenvalue weighted by Gasteiger charge is 2.26. The SMILES string of the molecule is CC(O)C1CCCN(C(=O)c2ccc(C#N)cc2)C1. The van der Waals surface area contributed by atoms with E-state index in [0.717, 1.165) is 19.4 Å². The Bertz CT molecular complexity index is 488. The van der Waals surface area contributed by atoms with E-state index in [4.69, 9.17) is 5.26 Å². The highest BCUT2D eigenvalue weighted by Crippen LogP contribution is 2.21. The van der Waals surface area contributed by atoms with Gasteiger partial charge in [0.05, 0.1) is 17.7 Å². The van der Waals surface area contributed by atoms with Crippen LogP contribution in [-0.2, 0) is 0 Å². The van der Waals surface area contributed by atoms with Gasteiger partial charge in [-0.2, -0.15) is 5.26 Å². The molecule has 1 amide bonds. The molecule has 0 aromatic heterocycles. The molecule has 4 heteroatoms. The summed E-state index contributed by atoms with van der Waals surface area (Å²) in [6, 6.07) is 8.72. The van der Waals surface area contributed by atoms with E-state index in [-0.39, 0.29) is 17.9 Å². The number of piperidine rings is 1. The van der Waals surface area contributed by atoms with Crippen molar-refractivity contribution in [1.29, 1.82) is 5.26 Å². The van der Waals surface area contributed by atoms with Crippen LogP contribution < -0.4 is 0 Å². The largest absolute Gasteiger partial charge is 0.393 e. The molecule has 2 rings (SSSR count). The molecular formula is C15H18N2O2. The van der Waals surface area contributed by atoms with E-state index in [1.54, 1.807) is 36.1 Å². The van der Waals surface area contributed by atoms with E-state index in [9.17, 15) is 9.90 Å². The first-order valence-corrected chi connectivity index (χ1v) is 6.59. The Balaban J connectivity index is 2.08. The van der Waals surface area contributed by atoms with E-state index >= 15 is 0 Å². The number of nitrogens with zero attached hydrogens (tertiary/aromatic N) is 2. The summed E-state index contributed by atoms with van der Waals surface area (Å²) in [7, 11) is 0. The topological polar surface area (TPSA) is 64.3 Å². The van der Waals surface area contributed by atoms with Crippen LogP contribution in [0.3, 0.4) is 0 Å². The quantitative estimate of drug-likeness (QED) is 0.879. The maximum Gasteiger partial charge on any atom is 0.253 e. The van der Waals surface area contributed by atoms with Gasteiger partial charge in [-0.3, -0.25) is 4.79 Å². The second-order valence-electron chi connectivity index (χ2n) is 5.08. The Kier molecular flexibility index (Phi) is 4.18. The van der Waals surface area contributed by atoms with Crippen LogP contribution in [0.1, 0.15) is 35.7 Å². The van der Waals surface area contributed by atoms with Crippen LogP contribution in [0.25, 0.3) is 0 Å². The summed E-state index contributed by atoms with van der Waals surface area (Å²) in [5.41, 5.74) is 1.15. The molecule has 1 fully saturated rings. The Labute approximate surface area is 113 Å². The van der Waals surface area contributed by atoms with Gasteiger partial charge in [-0.25, -0.2) is 0 Å². The van der Waals surface area contributed by atoms with Crippen LogP contribution in [0.4, 0.5) is 0 Å². The van der Waals surface area contributed by atoms with E-state index < -0.39 is 0 Å². The Morgan fingerprint density at radius 3 is 2.74 bits per heavy atom. The minimum atomic E-state index is -0.378. The minimum Gasteiger partial charge on any atom is -0.393 e. The van der Waals surface area contributed by atoms with Crippen molar-refractivity contribution in [2.45, 2.75) is 25.9 Å². The molecule has 1 heterocycles. The van der Waals surface area contributed by atoms with Gasteiger partial charge in [0.15, 0.2) is 0 Å². The number of hydrogen-bond donors (Lipinski definition) is 1. The van der Waals surface area contributed by atoms with E-state index in [1.807, 2.05) is 6.07 Å². The molecule has 1 aliphatic heterocycles. The fourth-order valence-corrected chi connectivity index (χ4v) is 2.46. The zero-order chi connectivity index (χ0) is 13.8. The zero-order valence-electron chi connectivity index (χ0n) is 11.0. The van der Waals surface area contributed by atoms with Crippen LogP contribution in [0.2, 0.25) is 0 Å². The third-order valence-corrected chi connectivity index (χ3v) is 3.69. The summed E-state index contributed by atoms with van der Waals surface area (Å²) in [5, 5.41) is 18.4. The monoisotopic (exact) mass is 258 g/mol. The molecule has 2 atom stereocenters. The molecule has 0 aliphatic carbocycles. The second kappa shape index (κ2) is 5.85. The molecule has 0 spiro atoms. The molecule has 19 heavy (non-hydrogen) atoms. The lowest BCUT2D eigenvalue weighted by atomic mass is 9.93. The Morgan fingerprint density at radius 2 is 2.16 bits per heavy atom. The molecule has 1 aromatic rings. The van der Waals surface area contributed by atoms with Gasteiger partial charge >= 0.3 is 0 Å². The molecule has 2 unspecified atom stereocenters. The number of nitriles is 1. The van der Waals surface area contributed by atoms with Crippen molar-refractivity contribution in [3.63, 3.8) is 0 Å². The summed E-state index contributed by atoms with van der Waals surface area (Å²) in [6.45, 7) is 3.12. The van der Waals surface area contributed by atoms with Gasteiger partial charge < -0.3 is 10.0 Å². The second-order valence-corrected chi connectivity index (χ2v) is 5.08. The molecule has 1 aromatic carbocycles. The lowest BCUT2D eigenvalue weighted by Gasteiger charge is -2.34. The lowest BCUT2D eigenvalue weighted by molar-refractivity contribution is 0.0466. The number of aliphatic hydroxyl groups is 1. The molecule has 0 saturated carbocycles. The third-order valence-electron chi connectivity index (χ3n) is 3.69. The Hall–Kier alpha value is -1.86. The number of rotatable bonds is 2. The predicted molar refractivity (Wildman–Crippen MR) is 71.5 cm³/mol. The van der Waals surface area contributed by atoms with Crippen LogP contribution in [0.5, 0.6) is 0 Å². The number of amides is 1. The first-order valence-electron chi connectivity index (χ1n) is 6.59. The van der Waals surface area contributed by atoms with E-state index in [1.165, 1.54) is 0 Å². The van der Waals surface area contributed by atoms with Crippen LogP contribution in [0.15, 0.2) is 24.3 Å². The molecule has 1 aliphatic rings. The van der Waals surface area contributed by atoms with Gasteiger partial charge in [-0.1, -0.05) is 0 Å². The smallest absolute Gasteiger partial charge is 0.253 e. The highest BCUT2D eigenvalue weighted by atomic mass is 16.3. The molecule has 1 saturated heterocycles. The number of carbonyl (C=O) groups is 1. The summed E-state index contributed by atoms with van der Waals surface area (Å²) in [5.74, 6) is 0.144. The number of likely N-dealkylation sites (tertiary alicyclic amines) is 1. The van der Waals surface area contributed by atoms with Crippen molar-refractivity contribution in [3.8, 4) is 6.07 Å². The standard InChI is InChI=1S/C15H18N2O2/c1-11(18)14-3-2-8-17(10-14)15(19)13-6-4-12(9-16)5-7-13/h4-7,11,14,18H,2-3,8,10H2,1H3. The van der Waals surface area contributed by atoms with Crippen molar-refractivity contribution < 1.29 is 9.90 Å². The van der Waals surface area contributed by atoms with Gasteiger partial charge in [0.25, 0.3) is 5.91 Å².